The van der Waals surface area contributed by atoms with Crippen LogP contribution in [0.5, 0.6) is 5.75 Å². The second-order valence-corrected chi connectivity index (χ2v) is 3.85. The summed E-state index contributed by atoms with van der Waals surface area (Å²) in [5.41, 5.74) is 1.40. The molecule has 0 spiro atoms. The average Bonchev–Trinajstić information content (AvgIpc) is 2.34. The molecule has 1 atom stereocenters. The normalized spacial score (nSPS) is 18.3. The largest absolute Gasteiger partial charge is 0.479 e. The van der Waals surface area contributed by atoms with Crippen LogP contribution < -0.4 is 9.64 Å². The second-order valence-electron chi connectivity index (χ2n) is 3.85. The van der Waals surface area contributed by atoms with Crippen molar-refractivity contribution in [2.45, 2.75) is 19.6 Å². The van der Waals surface area contributed by atoms with Crippen molar-refractivity contribution in [2.24, 2.45) is 0 Å². The molecule has 1 unspecified atom stereocenters. The minimum Gasteiger partial charge on any atom is -0.479 e. The number of benzene rings is 1. The van der Waals surface area contributed by atoms with Crippen molar-refractivity contribution in [3.05, 3.63) is 23.8 Å². The number of aliphatic hydroxyl groups excluding tert-OH is 1. The van der Waals surface area contributed by atoms with Gasteiger partial charge in [0.05, 0.1) is 18.8 Å². The molecule has 88 valence electrons. The first-order chi connectivity index (χ1) is 8.17. The third kappa shape index (κ3) is 1.97. The van der Waals surface area contributed by atoms with Gasteiger partial charge in [0.2, 0.25) is 0 Å². The summed E-state index contributed by atoms with van der Waals surface area (Å²) in [7, 11) is 0. The Balaban J connectivity index is 2.45. The molecule has 4 nitrogen and oxygen atoms in total. The van der Waals surface area contributed by atoms with Crippen LogP contribution in [0.4, 0.5) is 5.69 Å². The van der Waals surface area contributed by atoms with Crippen LogP contribution in [0.2, 0.25) is 0 Å². The highest BCUT2D eigenvalue weighted by atomic mass is 16.5. The smallest absolute Gasteiger partial charge is 0.268 e. The van der Waals surface area contributed by atoms with Crippen LogP contribution in [0.1, 0.15) is 12.5 Å². The fourth-order valence-corrected chi connectivity index (χ4v) is 1.81. The average molecular weight is 231 g/mol. The minimum absolute atomic E-state index is 0.0614. The number of fused-ring (bicyclic) bond motifs is 1. The lowest BCUT2D eigenvalue weighted by molar-refractivity contribution is -0.125. The highest BCUT2D eigenvalue weighted by Crippen LogP contribution is 2.34. The first-order valence-electron chi connectivity index (χ1n) is 5.32. The van der Waals surface area contributed by atoms with E-state index in [0.29, 0.717) is 11.4 Å². The molecule has 1 N–H and O–H groups in total. The van der Waals surface area contributed by atoms with Gasteiger partial charge in [0, 0.05) is 0 Å². The molecule has 0 bridgehead atoms. The molecule has 1 amide bonds. The lowest BCUT2D eigenvalue weighted by Gasteiger charge is -2.32. The molecule has 1 heterocycles. The molecular weight excluding hydrogens is 218 g/mol. The van der Waals surface area contributed by atoms with E-state index >= 15 is 0 Å². The third-order valence-corrected chi connectivity index (χ3v) is 2.66. The standard InChI is InChI=1S/C13H13NO3/c1-3-6-14-11-5-4-10(8-15)7-12(11)17-9(2)13(14)16/h1,4-5,7,9,15H,6,8H2,2H3. The van der Waals surface area contributed by atoms with Gasteiger partial charge in [-0.3, -0.25) is 9.69 Å². The van der Waals surface area contributed by atoms with Gasteiger partial charge in [-0.25, -0.2) is 0 Å². The van der Waals surface area contributed by atoms with E-state index in [-0.39, 0.29) is 19.1 Å². The van der Waals surface area contributed by atoms with Gasteiger partial charge in [-0.1, -0.05) is 12.0 Å². The Hall–Kier alpha value is -1.99. The molecule has 0 saturated heterocycles. The van der Waals surface area contributed by atoms with Crippen molar-refractivity contribution in [3.8, 4) is 18.1 Å². The predicted octanol–water partition coefficient (Wildman–Crippen LogP) is 0.926. The van der Waals surface area contributed by atoms with E-state index in [4.69, 9.17) is 16.3 Å². The number of anilines is 1. The number of nitrogens with zero attached hydrogens (tertiary/aromatic N) is 1. The second kappa shape index (κ2) is 4.48. The van der Waals surface area contributed by atoms with E-state index in [1.165, 1.54) is 4.90 Å². The monoisotopic (exact) mass is 231 g/mol. The van der Waals surface area contributed by atoms with Crippen LogP contribution in [0.3, 0.4) is 0 Å². The SMILES string of the molecule is C#CCN1C(=O)C(C)Oc2cc(CO)ccc21. The fraction of sp³-hybridized carbons (Fsp3) is 0.308. The molecule has 0 radical (unpaired) electrons. The maximum atomic E-state index is 11.9. The van der Waals surface area contributed by atoms with E-state index in [1.54, 1.807) is 25.1 Å². The van der Waals surface area contributed by atoms with Crippen molar-refractivity contribution in [1.29, 1.82) is 0 Å². The van der Waals surface area contributed by atoms with Crippen LogP contribution >= 0.6 is 0 Å². The molecule has 1 aliphatic heterocycles. The van der Waals surface area contributed by atoms with Gasteiger partial charge in [0.1, 0.15) is 5.75 Å². The number of amides is 1. The number of rotatable bonds is 2. The quantitative estimate of drug-likeness (QED) is 0.770. The lowest BCUT2D eigenvalue weighted by atomic mass is 10.1. The third-order valence-electron chi connectivity index (χ3n) is 2.66. The summed E-state index contributed by atoms with van der Waals surface area (Å²) < 4.78 is 5.49. The zero-order valence-electron chi connectivity index (χ0n) is 9.51. The van der Waals surface area contributed by atoms with Gasteiger partial charge in [0.15, 0.2) is 6.10 Å². The van der Waals surface area contributed by atoms with E-state index in [2.05, 4.69) is 5.92 Å². The summed E-state index contributed by atoms with van der Waals surface area (Å²) in [6.07, 6.45) is 4.70. The van der Waals surface area contributed by atoms with Gasteiger partial charge < -0.3 is 9.84 Å². The zero-order chi connectivity index (χ0) is 12.4. The first kappa shape index (κ1) is 11.5. The van der Waals surface area contributed by atoms with Crippen LogP contribution in [0, 0.1) is 12.3 Å². The van der Waals surface area contributed by atoms with Crippen LogP contribution in [0.25, 0.3) is 0 Å². The Morgan fingerprint density at radius 2 is 2.35 bits per heavy atom. The van der Waals surface area contributed by atoms with Gasteiger partial charge in [0.25, 0.3) is 5.91 Å². The van der Waals surface area contributed by atoms with E-state index in [0.717, 1.165) is 5.56 Å². The van der Waals surface area contributed by atoms with Crippen molar-refractivity contribution >= 4 is 11.6 Å². The number of ether oxygens (including phenoxy) is 1. The molecule has 0 aliphatic carbocycles. The maximum Gasteiger partial charge on any atom is 0.268 e. The maximum absolute atomic E-state index is 11.9. The van der Waals surface area contributed by atoms with Crippen molar-refractivity contribution in [1.82, 2.24) is 0 Å². The predicted molar refractivity (Wildman–Crippen MR) is 63.6 cm³/mol. The van der Waals surface area contributed by atoms with Crippen LogP contribution in [-0.4, -0.2) is 23.7 Å². The van der Waals surface area contributed by atoms with E-state index in [9.17, 15) is 4.79 Å². The summed E-state index contributed by atoms with van der Waals surface area (Å²) >= 11 is 0. The van der Waals surface area contributed by atoms with Gasteiger partial charge in [-0.15, -0.1) is 6.42 Å². The molecule has 17 heavy (non-hydrogen) atoms. The highest BCUT2D eigenvalue weighted by molar-refractivity contribution is 6.00. The molecule has 4 heteroatoms. The Kier molecular flexibility index (Phi) is 3.03. The minimum atomic E-state index is -0.551. The molecule has 0 fully saturated rings. The van der Waals surface area contributed by atoms with Crippen LogP contribution in [-0.2, 0) is 11.4 Å². The molecule has 1 aromatic carbocycles. The van der Waals surface area contributed by atoms with E-state index in [1.807, 2.05) is 0 Å². The lowest BCUT2D eigenvalue weighted by Crippen LogP contribution is -2.44. The highest BCUT2D eigenvalue weighted by Gasteiger charge is 2.30. The number of carbonyl (C=O) groups excluding carboxylic acids is 1. The van der Waals surface area contributed by atoms with Crippen LogP contribution in [0.15, 0.2) is 18.2 Å². The number of hydrogen-bond donors (Lipinski definition) is 1. The summed E-state index contributed by atoms with van der Waals surface area (Å²) in [4.78, 5) is 13.4. The summed E-state index contributed by atoms with van der Waals surface area (Å²) in [6, 6.07) is 5.21. The Morgan fingerprint density at radius 3 is 3.00 bits per heavy atom. The van der Waals surface area contributed by atoms with Crippen molar-refractivity contribution in [3.63, 3.8) is 0 Å². The van der Waals surface area contributed by atoms with Crippen molar-refractivity contribution in [2.75, 3.05) is 11.4 Å². The molecule has 0 saturated carbocycles. The number of terminal acetylenes is 1. The Bertz CT molecular complexity index is 490. The summed E-state index contributed by atoms with van der Waals surface area (Å²) in [5, 5.41) is 9.06. The number of carbonyl (C=O) groups is 1. The topological polar surface area (TPSA) is 49.8 Å². The Morgan fingerprint density at radius 1 is 1.59 bits per heavy atom. The molecule has 2 rings (SSSR count). The van der Waals surface area contributed by atoms with Gasteiger partial charge in [-0.2, -0.15) is 0 Å². The summed E-state index contributed by atoms with van der Waals surface area (Å²) in [6.45, 7) is 1.84. The number of aliphatic hydroxyl groups is 1. The summed E-state index contributed by atoms with van der Waals surface area (Å²) in [5.74, 6) is 2.89. The first-order valence-corrected chi connectivity index (χ1v) is 5.32. The molecule has 1 aliphatic rings. The van der Waals surface area contributed by atoms with E-state index < -0.39 is 6.10 Å². The molecule has 1 aromatic rings. The zero-order valence-corrected chi connectivity index (χ0v) is 9.51. The Labute approximate surface area is 99.8 Å². The number of hydrogen-bond acceptors (Lipinski definition) is 3. The fourth-order valence-electron chi connectivity index (χ4n) is 1.81. The molecule has 0 aromatic heterocycles. The molecular formula is C13H13NO3. The van der Waals surface area contributed by atoms with Gasteiger partial charge >= 0.3 is 0 Å². The van der Waals surface area contributed by atoms with Gasteiger partial charge in [-0.05, 0) is 24.6 Å². The van der Waals surface area contributed by atoms with Crippen molar-refractivity contribution < 1.29 is 14.6 Å².